The van der Waals surface area contributed by atoms with E-state index in [0.717, 1.165) is 25.1 Å². The van der Waals surface area contributed by atoms with Crippen LogP contribution in [0.25, 0.3) is 0 Å². The Labute approximate surface area is 143 Å². The van der Waals surface area contributed by atoms with Crippen LogP contribution in [0.5, 0.6) is 0 Å². The summed E-state index contributed by atoms with van der Waals surface area (Å²) in [6, 6.07) is 1.93. The third-order valence-corrected chi connectivity index (χ3v) is 5.22. The van der Waals surface area contributed by atoms with Crippen molar-refractivity contribution in [1.82, 2.24) is 19.6 Å². The Morgan fingerprint density at radius 3 is 2.79 bits per heavy atom. The lowest BCUT2D eigenvalue weighted by Gasteiger charge is -2.30. The van der Waals surface area contributed by atoms with Gasteiger partial charge in [-0.2, -0.15) is 5.10 Å². The molecule has 0 unspecified atom stereocenters. The maximum absolute atomic E-state index is 13.0. The molecule has 2 atom stereocenters. The molecule has 1 aromatic rings. The molecule has 2 fully saturated rings. The molecule has 0 aliphatic carbocycles. The Balaban J connectivity index is 1.77. The van der Waals surface area contributed by atoms with E-state index in [1.165, 1.54) is 0 Å². The molecule has 0 bridgehead atoms. The van der Waals surface area contributed by atoms with Crippen molar-refractivity contribution >= 4 is 11.8 Å². The van der Waals surface area contributed by atoms with Crippen LogP contribution < -0.4 is 0 Å². The van der Waals surface area contributed by atoms with E-state index in [2.05, 4.69) is 18.9 Å². The zero-order valence-corrected chi connectivity index (χ0v) is 15.2. The van der Waals surface area contributed by atoms with Gasteiger partial charge < -0.3 is 9.80 Å². The van der Waals surface area contributed by atoms with Crippen molar-refractivity contribution in [3.8, 4) is 0 Å². The van der Waals surface area contributed by atoms with Crippen LogP contribution in [-0.2, 0) is 17.8 Å². The SMILES string of the molecule is CCn1nc(CC(C)C)cc1C(=O)N1C[C@H]2CCN(C)C(=O)[C@H]2C1. The summed E-state index contributed by atoms with van der Waals surface area (Å²) in [5.41, 5.74) is 1.63. The molecule has 2 saturated heterocycles. The second-order valence-corrected chi connectivity index (χ2v) is 7.56. The molecule has 0 radical (unpaired) electrons. The molecule has 6 nitrogen and oxygen atoms in total. The predicted molar refractivity (Wildman–Crippen MR) is 91.6 cm³/mol. The minimum Gasteiger partial charge on any atom is -0.345 e. The zero-order valence-electron chi connectivity index (χ0n) is 15.2. The number of aromatic nitrogens is 2. The highest BCUT2D eigenvalue weighted by Crippen LogP contribution is 2.32. The van der Waals surface area contributed by atoms with Crippen molar-refractivity contribution in [2.45, 2.75) is 40.2 Å². The average Bonchev–Trinajstić information content (AvgIpc) is 3.14. The summed E-state index contributed by atoms with van der Waals surface area (Å²) in [7, 11) is 1.85. The molecule has 0 aromatic carbocycles. The van der Waals surface area contributed by atoms with E-state index in [4.69, 9.17) is 0 Å². The highest BCUT2D eigenvalue weighted by molar-refractivity contribution is 5.94. The number of rotatable bonds is 4. The first kappa shape index (κ1) is 17.0. The van der Waals surface area contributed by atoms with E-state index >= 15 is 0 Å². The van der Waals surface area contributed by atoms with Crippen LogP contribution in [0, 0.1) is 17.8 Å². The van der Waals surface area contributed by atoms with Gasteiger partial charge in [0.05, 0.1) is 11.6 Å². The standard InChI is InChI=1S/C18H28N4O2/c1-5-22-16(9-14(19-22)8-12(2)3)18(24)21-10-13-6-7-20(4)17(23)15(13)11-21/h9,12-13,15H,5-8,10-11H2,1-4H3/t13-,15+/m1/s1. The maximum Gasteiger partial charge on any atom is 0.272 e. The van der Waals surface area contributed by atoms with Gasteiger partial charge in [0.2, 0.25) is 5.91 Å². The first-order chi connectivity index (χ1) is 11.4. The van der Waals surface area contributed by atoms with E-state index in [9.17, 15) is 9.59 Å². The highest BCUT2D eigenvalue weighted by Gasteiger charge is 2.43. The molecule has 0 spiro atoms. The van der Waals surface area contributed by atoms with Crippen LogP contribution >= 0.6 is 0 Å². The minimum atomic E-state index is -0.0270. The molecule has 132 valence electrons. The molecule has 0 N–H and O–H groups in total. The van der Waals surface area contributed by atoms with Gasteiger partial charge in [-0.15, -0.1) is 0 Å². The molecule has 0 saturated carbocycles. The number of nitrogens with zero attached hydrogens (tertiary/aromatic N) is 4. The predicted octanol–water partition coefficient (Wildman–Crippen LogP) is 1.65. The quantitative estimate of drug-likeness (QED) is 0.842. The summed E-state index contributed by atoms with van der Waals surface area (Å²) in [5, 5.41) is 4.57. The van der Waals surface area contributed by atoms with Gasteiger partial charge in [0.25, 0.3) is 5.91 Å². The lowest BCUT2D eigenvalue weighted by atomic mass is 9.88. The summed E-state index contributed by atoms with van der Waals surface area (Å²) >= 11 is 0. The van der Waals surface area contributed by atoms with Gasteiger partial charge in [-0.3, -0.25) is 14.3 Å². The molecule has 6 heteroatoms. The van der Waals surface area contributed by atoms with Gasteiger partial charge >= 0.3 is 0 Å². The van der Waals surface area contributed by atoms with Gasteiger partial charge in [0, 0.05) is 33.2 Å². The van der Waals surface area contributed by atoms with E-state index < -0.39 is 0 Å². The fourth-order valence-corrected chi connectivity index (χ4v) is 3.93. The van der Waals surface area contributed by atoms with Crippen molar-refractivity contribution in [3.05, 3.63) is 17.5 Å². The van der Waals surface area contributed by atoms with Gasteiger partial charge in [-0.05, 0) is 37.7 Å². The van der Waals surface area contributed by atoms with Crippen LogP contribution in [0.1, 0.15) is 43.4 Å². The zero-order chi connectivity index (χ0) is 17.4. The summed E-state index contributed by atoms with van der Waals surface area (Å²) in [6.07, 6.45) is 1.87. The maximum atomic E-state index is 13.0. The van der Waals surface area contributed by atoms with Crippen LogP contribution in [0.2, 0.25) is 0 Å². The molecular formula is C18H28N4O2. The highest BCUT2D eigenvalue weighted by atomic mass is 16.2. The Hall–Kier alpha value is -1.85. The number of carbonyl (C=O) groups excluding carboxylic acids is 2. The van der Waals surface area contributed by atoms with Crippen LogP contribution in [0.4, 0.5) is 0 Å². The smallest absolute Gasteiger partial charge is 0.272 e. The number of hydrogen-bond donors (Lipinski definition) is 0. The lowest BCUT2D eigenvalue weighted by Crippen LogP contribution is -2.42. The fourth-order valence-electron chi connectivity index (χ4n) is 3.93. The summed E-state index contributed by atoms with van der Waals surface area (Å²) < 4.78 is 1.80. The molecule has 1 aromatic heterocycles. The van der Waals surface area contributed by atoms with Crippen LogP contribution in [0.15, 0.2) is 6.07 Å². The number of amides is 2. The Morgan fingerprint density at radius 2 is 2.12 bits per heavy atom. The molecule has 2 aliphatic heterocycles. The number of fused-ring (bicyclic) bond motifs is 1. The number of likely N-dealkylation sites (tertiary alicyclic amines) is 2. The number of hydrogen-bond acceptors (Lipinski definition) is 3. The molecule has 3 rings (SSSR count). The molecular weight excluding hydrogens is 304 g/mol. The molecule has 24 heavy (non-hydrogen) atoms. The second-order valence-electron chi connectivity index (χ2n) is 7.56. The van der Waals surface area contributed by atoms with Crippen molar-refractivity contribution in [2.75, 3.05) is 26.7 Å². The first-order valence-corrected chi connectivity index (χ1v) is 9.01. The summed E-state index contributed by atoms with van der Waals surface area (Å²) in [5.74, 6) is 0.998. The monoisotopic (exact) mass is 332 g/mol. The molecule has 3 heterocycles. The van der Waals surface area contributed by atoms with Gasteiger partial charge in [-0.25, -0.2) is 0 Å². The Morgan fingerprint density at radius 1 is 1.38 bits per heavy atom. The summed E-state index contributed by atoms with van der Waals surface area (Å²) in [4.78, 5) is 29.0. The number of piperidine rings is 1. The van der Waals surface area contributed by atoms with Gasteiger partial charge in [0.1, 0.15) is 5.69 Å². The largest absolute Gasteiger partial charge is 0.345 e. The lowest BCUT2D eigenvalue weighted by molar-refractivity contribution is -0.137. The van der Waals surface area contributed by atoms with Crippen LogP contribution in [0.3, 0.4) is 0 Å². The minimum absolute atomic E-state index is 0.0178. The van der Waals surface area contributed by atoms with E-state index in [0.29, 0.717) is 37.2 Å². The Kier molecular flexibility index (Phi) is 4.65. The van der Waals surface area contributed by atoms with Crippen molar-refractivity contribution < 1.29 is 9.59 Å². The number of carbonyl (C=O) groups is 2. The second kappa shape index (κ2) is 6.57. The van der Waals surface area contributed by atoms with Crippen LogP contribution in [-0.4, -0.2) is 58.1 Å². The first-order valence-electron chi connectivity index (χ1n) is 9.01. The topological polar surface area (TPSA) is 58.4 Å². The van der Waals surface area contributed by atoms with Crippen molar-refractivity contribution in [3.63, 3.8) is 0 Å². The fraction of sp³-hybridized carbons (Fsp3) is 0.722. The normalized spacial score (nSPS) is 24.0. The van der Waals surface area contributed by atoms with Crippen molar-refractivity contribution in [1.29, 1.82) is 0 Å². The van der Waals surface area contributed by atoms with Gasteiger partial charge in [-0.1, -0.05) is 13.8 Å². The third kappa shape index (κ3) is 3.06. The number of aryl methyl sites for hydroxylation is 1. The Bertz CT molecular complexity index is 637. The van der Waals surface area contributed by atoms with E-state index in [1.54, 1.807) is 9.58 Å². The van der Waals surface area contributed by atoms with Crippen molar-refractivity contribution in [2.24, 2.45) is 17.8 Å². The van der Waals surface area contributed by atoms with Gasteiger partial charge in [0.15, 0.2) is 0 Å². The van der Waals surface area contributed by atoms with E-state index in [-0.39, 0.29) is 17.7 Å². The molecule has 2 aliphatic rings. The summed E-state index contributed by atoms with van der Waals surface area (Å²) in [6.45, 7) is 9.03. The molecule has 2 amide bonds. The average molecular weight is 332 g/mol. The van der Waals surface area contributed by atoms with E-state index in [1.807, 2.05) is 24.9 Å². The third-order valence-electron chi connectivity index (χ3n) is 5.22.